The van der Waals surface area contributed by atoms with Crippen molar-refractivity contribution in [3.05, 3.63) is 249 Å². The molecule has 0 atom stereocenters. The highest BCUT2D eigenvalue weighted by molar-refractivity contribution is 6.12. The summed E-state index contributed by atoms with van der Waals surface area (Å²) in [6, 6.07) is 70.9. The molecule has 0 fully saturated rings. The van der Waals surface area contributed by atoms with Gasteiger partial charge in [-0.3, -0.25) is 14.2 Å². The van der Waals surface area contributed by atoms with Crippen LogP contribution in [0.25, 0.3) is 77.5 Å². The first-order valence-corrected chi connectivity index (χ1v) is 20.6. The molecule has 0 spiro atoms. The molecule has 0 bridgehead atoms. The summed E-state index contributed by atoms with van der Waals surface area (Å²) in [7, 11) is 0. The molecule has 0 aliphatic heterocycles. The number of rotatable bonds is 5. The molecule has 286 valence electrons. The fraction of sp³-hybridized carbons (Fsp3) is 0.0182. The molecule has 4 aromatic heterocycles. The fourth-order valence-corrected chi connectivity index (χ4v) is 10.6. The van der Waals surface area contributed by atoms with E-state index in [4.69, 9.17) is 0 Å². The Bertz CT molecular complexity index is 3800. The summed E-state index contributed by atoms with van der Waals surface area (Å²) in [4.78, 5) is 30.8. The molecular weight excluding hydrogens is 749 g/mol. The van der Waals surface area contributed by atoms with Gasteiger partial charge in [0, 0.05) is 33.1 Å². The van der Waals surface area contributed by atoms with Crippen molar-refractivity contribution in [3.8, 4) is 33.8 Å². The van der Waals surface area contributed by atoms with Crippen molar-refractivity contribution in [2.45, 2.75) is 5.41 Å². The van der Waals surface area contributed by atoms with Crippen LogP contribution in [0.4, 0.5) is 0 Å². The van der Waals surface area contributed by atoms with E-state index in [2.05, 4.69) is 143 Å². The Morgan fingerprint density at radius 2 is 0.902 bits per heavy atom. The van der Waals surface area contributed by atoms with Gasteiger partial charge in [-0.25, -0.2) is 4.52 Å². The largest absolute Gasteiger partial charge is 0.309 e. The molecule has 12 aromatic rings. The van der Waals surface area contributed by atoms with Gasteiger partial charge in [0.1, 0.15) is 0 Å². The zero-order valence-corrected chi connectivity index (χ0v) is 32.7. The van der Waals surface area contributed by atoms with E-state index >= 15 is 9.59 Å². The molecule has 0 amide bonds. The third-order valence-electron chi connectivity index (χ3n) is 13.0. The summed E-state index contributed by atoms with van der Waals surface area (Å²) in [5.41, 5.74) is 11.5. The summed E-state index contributed by atoms with van der Waals surface area (Å²) in [5.74, 6) is 0. The van der Waals surface area contributed by atoms with Gasteiger partial charge in [-0.1, -0.05) is 152 Å². The highest BCUT2D eigenvalue weighted by atomic mass is 16.2. The van der Waals surface area contributed by atoms with Gasteiger partial charge in [-0.15, -0.1) is 0 Å². The lowest BCUT2D eigenvalue weighted by Crippen LogP contribution is -2.35. The first-order chi connectivity index (χ1) is 30.1. The minimum absolute atomic E-state index is 0.315. The standard InChI is InChI=1S/C55H34N4O2/c60-53-49-44-34-36(35-29-31-47-43(33-35)41-25-14-16-28-46(41)56(47)39-21-9-3-10-22-39)30-32-48(44)57(40-23-11-4-12-24-40)52(49)58-51-42-26-13-15-27-45(42)55(37-17-5-1-6-18-37,38-19-7-2-8-20-38)50(51)54(61)59(53)58/h1-34H. The third-order valence-corrected chi connectivity index (χ3v) is 13.0. The molecule has 1 aliphatic carbocycles. The molecule has 0 saturated heterocycles. The Labute approximate surface area is 349 Å². The second kappa shape index (κ2) is 12.4. The van der Waals surface area contributed by atoms with E-state index in [0.717, 1.165) is 77.8 Å². The molecule has 0 saturated carbocycles. The monoisotopic (exact) mass is 782 g/mol. The highest BCUT2D eigenvalue weighted by Gasteiger charge is 2.51. The number of para-hydroxylation sites is 3. The van der Waals surface area contributed by atoms with Crippen LogP contribution in [0.3, 0.4) is 0 Å². The van der Waals surface area contributed by atoms with Crippen molar-refractivity contribution >= 4 is 43.7 Å². The number of benzene rings is 8. The maximum Gasteiger partial charge on any atom is 0.284 e. The zero-order chi connectivity index (χ0) is 40.4. The smallest absolute Gasteiger partial charge is 0.284 e. The molecule has 1 aliphatic rings. The zero-order valence-electron chi connectivity index (χ0n) is 32.7. The van der Waals surface area contributed by atoms with E-state index in [-0.39, 0.29) is 11.1 Å². The summed E-state index contributed by atoms with van der Waals surface area (Å²) >= 11 is 0. The van der Waals surface area contributed by atoms with Gasteiger partial charge in [-0.05, 0) is 82.4 Å². The molecule has 61 heavy (non-hydrogen) atoms. The Morgan fingerprint density at radius 3 is 1.56 bits per heavy atom. The second-order valence-corrected chi connectivity index (χ2v) is 16.0. The third kappa shape index (κ3) is 4.35. The van der Waals surface area contributed by atoms with Crippen LogP contribution in [-0.4, -0.2) is 18.2 Å². The Hall–Kier alpha value is -8.22. The molecule has 8 aromatic carbocycles. The average Bonchev–Trinajstić information content (AvgIpc) is 4.09. The first-order valence-electron chi connectivity index (χ1n) is 20.6. The molecule has 6 heteroatoms. The van der Waals surface area contributed by atoms with Gasteiger partial charge in [0.15, 0.2) is 5.65 Å². The van der Waals surface area contributed by atoms with Crippen LogP contribution in [-0.2, 0) is 5.41 Å². The van der Waals surface area contributed by atoms with Crippen molar-refractivity contribution in [1.82, 2.24) is 18.2 Å². The first kappa shape index (κ1) is 33.7. The fourth-order valence-electron chi connectivity index (χ4n) is 10.6. The number of fused-ring (bicyclic) bond motifs is 12. The molecule has 6 nitrogen and oxygen atoms in total. The van der Waals surface area contributed by atoms with Crippen LogP contribution in [0, 0.1) is 0 Å². The molecule has 0 unspecified atom stereocenters. The van der Waals surface area contributed by atoms with Crippen molar-refractivity contribution in [2.75, 3.05) is 0 Å². The minimum Gasteiger partial charge on any atom is -0.309 e. The van der Waals surface area contributed by atoms with Crippen LogP contribution in [0.15, 0.2) is 216 Å². The van der Waals surface area contributed by atoms with E-state index < -0.39 is 5.41 Å². The molecule has 13 rings (SSSR count). The molecular formula is C55H34N4O2. The summed E-state index contributed by atoms with van der Waals surface area (Å²) in [6.45, 7) is 0. The second-order valence-electron chi connectivity index (χ2n) is 16.0. The van der Waals surface area contributed by atoms with E-state index in [9.17, 15) is 0 Å². The summed E-state index contributed by atoms with van der Waals surface area (Å²) in [5, 5.41) is 3.63. The number of nitrogens with zero attached hydrogens (tertiary/aromatic N) is 4. The lowest BCUT2D eigenvalue weighted by atomic mass is 9.68. The van der Waals surface area contributed by atoms with Crippen molar-refractivity contribution < 1.29 is 0 Å². The average molecular weight is 783 g/mol. The predicted molar refractivity (Wildman–Crippen MR) is 246 cm³/mol. The summed E-state index contributed by atoms with van der Waals surface area (Å²) < 4.78 is 7.77. The van der Waals surface area contributed by atoms with Crippen LogP contribution < -0.4 is 11.1 Å². The molecule has 4 heterocycles. The maximum absolute atomic E-state index is 15.5. The predicted octanol–water partition coefficient (Wildman–Crippen LogP) is 11.4. The Morgan fingerprint density at radius 1 is 0.393 bits per heavy atom. The van der Waals surface area contributed by atoms with Gasteiger partial charge in [0.05, 0.1) is 38.6 Å². The maximum atomic E-state index is 15.5. The van der Waals surface area contributed by atoms with Crippen molar-refractivity contribution in [3.63, 3.8) is 0 Å². The van der Waals surface area contributed by atoms with Crippen LogP contribution in [0.5, 0.6) is 0 Å². The normalized spacial score (nSPS) is 13.2. The number of aromatic nitrogens is 4. The minimum atomic E-state index is -0.949. The Kier molecular flexibility index (Phi) is 6.85. The van der Waals surface area contributed by atoms with Gasteiger partial charge < -0.3 is 4.57 Å². The molecule has 0 N–H and O–H groups in total. The van der Waals surface area contributed by atoms with Gasteiger partial charge in [0.25, 0.3) is 11.1 Å². The van der Waals surface area contributed by atoms with Gasteiger partial charge in [0.2, 0.25) is 0 Å². The number of hydrogen-bond donors (Lipinski definition) is 0. The lowest BCUT2D eigenvalue weighted by Gasteiger charge is -2.32. The summed E-state index contributed by atoms with van der Waals surface area (Å²) in [6.07, 6.45) is 0. The Balaban J connectivity index is 1.13. The van der Waals surface area contributed by atoms with Crippen molar-refractivity contribution in [1.29, 1.82) is 0 Å². The van der Waals surface area contributed by atoms with Crippen LogP contribution in [0.1, 0.15) is 22.3 Å². The highest BCUT2D eigenvalue weighted by Crippen LogP contribution is 2.55. The van der Waals surface area contributed by atoms with Crippen LogP contribution in [0.2, 0.25) is 0 Å². The van der Waals surface area contributed by atoms with E-state index in [1.807, 2.05) is 77.3 Å². The topological polar surface area (TPSA) is 52.8 Å². The lowest BCUT2D eigenvalue weighted by molar-refractivity contribution is 0.746. The van der Waals surface area contributed by atoms with E-state index in [1.54, 1.807) is 0 Å². The van der Waals surface area contributed by atoms with Gasteiger partial charge in [-0.2, -0.15) is 4.52 Å². The van der Waals surface area contributed by atoms with E-state index in [1.165, 1.54) is 9.90 Å². The van der Waals surface area contributed by atoms with Crippen molar-refractivity contribution in [2.24, 2.45) is 0 Å². The SMILES string of the molecule is O=c1c2c(n3c4c(c(=O)n13)c1cc(-c3ccc5c(c3)c3ccccc3n5-c3ccccc3)ccc1n4-c1ccccc1)-c1ccccc1C2(c1ccccc1)c1ccccc1. The van der Waals surface area contributed by atoms with Crippen LogP contribution >= 0.6 is 0 Å². The molecule has 0 radical (unpaired) electrons. The number of hydrogen-bond acceptors (Lipinski definition) is 2. The van der Waals surface area contributed by atoms with E-state index in [0.29, 0.717) is 16.6 Å². The quantitative estimate of drug-likeness (QED) is 0.175. The van der Waals surface area contributed by atoms with Gasteiger partial charge >= 0.3 is 0 Å².